The minimum Gasteiger partial charge on any atom is -0.361 e. The summed E-state index contributed by atoms with van der Waals surface area (Å²) in [7, 11) is 0. The van der Waals surface area contributed by atoms with Crippen LogP contribution in [0.1, 0.15) is 24.0 Å². The van der Waals surface area contributed by atoms with Crippen molar-refractivity contribution in [3.8, 4) is 11.8 Å². The second-order valence-electron chi connectivity index (χ2n) is 7.60. The van der Waals surface area contributed by atoms with Gasteiger partial charge in [0.25, 0.3) is 0 Å². The van der Waals surface area contributed by atoms with Gasteiger partial charge in [0, 0.05) is 35.1 Å². The van der Waals surface area contributed by atoms with E-state index in [0.717, 1.165) is 18.9 Å². The van der Waals surface area contributed by atoms with Crippen LogP contribution in [0.5, 0.6) is 0 Å². The summed E-state index contributed by atoms with van der Waals surface area (Å²) in [5.41, 5.74) is -2.85. The van der Waals surface area contributed by atoms with Gasteiger partial charge in [0.15, 0.2) is 12.0 Å². The lowest BCUT2D eigenvalue weighted by Crippen LogP contribution is -2.61. The molecule has 0 bridgehead atoms. The molecule has 3 aromatic rings. The summed E-state index contributed by atoms with van der Waals surface area (Å²) in [5.74, 6) is 3.90. The lowest BCUT2D eigenvalue weighted by atomic mass is 9.85. The van der Waals surface area contributed by atoms with Crippen LogP contribution in [0.25, 0.3) is 11.0 Å². The molecule has 1 fully saturated rings. The fourth-order valence-corrected chi connectivity index (χ4v) is 3.56. The van der Waals surface area contributed by atoms with Gasteiger partial charge in [-0.1, -0.05) is 11.8 Å². The Bertz CT molecular complexity index is 1190. The number of aliphatic hydroxyl groups is 1. The zero-order chi connectivity index (χ0) is 21.8. The van der Waals surface area contributed by atoms with Crippen molar-refractivity contribution in [3.63, 3.8) is 0 Å². The standard InChI is InChI=1S/C20H16F4N6O/c21-15-6-14-16(5-12(15)8-30-9-13-7-25-10-26-17(13)29-30)27-18(31)28-19(14,20(22,23)24)4-3-11-1-2-11/h5-7,9-11,18,27-28,31H,1-2,8H2/t18?,19-/m0/s1. The van der Waals surface area contributed by atoms with Crippen LogP contribution in [0.4, 0.5) is 23.2 Å². The van der Waals surface area contributed by atoms with E-state index in [4.69, 9.17) is 0 Å². The monoisotopic (exact) mass is 432 g/mol. The Kier molecular flexibility index (Phi) is 4.39. The number of halogens is 4. The molecule has 1 aromatic carbocycles. The van der Waals surface area contributed by atoms with Gasteiger partial charge >= 0.3 is 6.18 Å². The lowest BCUT2D eigenvalue weighted by molar-refractivity contribution is -0.190. The second kappa shape index (κ2) is 6.90. The summed E-state index contributed by atoms with van der Waals surface area (Å²) < 4.78 is 58.9. The minimum absolute atomic E-state index is 0.0482. The normalized spacial score (nSPS) is 23.1. The molecule has 0 radical (unpaired) electrons. The van der Waals surface area contributed by atoms with Crippen LogP contribution in [0.2, 0.25) is 0 Å². The topological polar surface area (TPSA) is 87.9 Å². The number of anilines is 1. The highest BCUT2D eigenvalue weighted by atomic mass is 19.4. The van der Waals surface area contributed by atoms with E-state index in [1.807, 2.05) is 0 Å². The van der Waals surface area contributed by atoms with Crippen molar-refractivity contribution in [2.24, 2.45) is 5.92 Å². The molecule has 1 unspecified atom stereocenters. The van der Waals surface area contributed by atoms with Gasteiger partial charge in [-0.25, -0.2) is 19.7 Å². The van der Waals surface area contributed by atoms with E-state index >= 15 is 0 Å². The summed E-state index contributed by atoms with van der Waals surface area (Å²) in [5, 5.41) is 19.5. The van der Waals surface area contributed by atoms with Crippen molar-refractivity contribution in [1.82, 2.24) is 25.1 Å². The quantitative estimate of drug-likeness (QED) is 0.426. The molecule has 2 aliphatic rings. The number of aliphatic hydroxyl groups excluding tert-OH is 1. The molecule has 1 aliphatic carbocycles. The molecule has 7 nitrogen and oxygen atoms in total. The Balaban J connectivity index is 1.58. The third kappa shape index (κ3) is 3.47. The van der Waals surface area contributed by atoms with Crippen LogP contribution >= 0.6 is 0 Å². The van der Waals surface area contributed by atoms with E-state index in [0.29, 0.717) is 11.0 Å². The van der Waals surface area contributed by atoms with E-state index in [9.17, 15) is 22.7 Å². The molecule has 1 saturated carbocycles. The first-order chi connectivity index (χ1) is 14.7. The Morgan fingerprint density at radius 3 is 2.81 bits per heavy atom. The van der Waals surface area contributed by atoms with Crippen molar-refractivity contribution in [3.05, 3.63) is 47.8 Å². The fraction of sp³-hybridized carbons (Fsp3) is 0.350. The third-order valence-corrected chi connectivity index (χ3v) is 5.26. The zero-order valence-electron chi connectivity index (χ0n) is 15.9. The molecule has 3 heterocycles. The van der Waals surface area contributed by atoms with Crippen molar-refractivity contribution < 1.29 is 22.7 Å². The molecule has 2 aromatic heterocycles. The van der Waals surface area contributed by atoms with Crippen LogP contribution in [-0.4, -0.2) is 37.4 Å². The zero-order valence-corrected chi connectivity index (χ0v) is 15.9. The molecule has 11 heteroatoms. The second-order valence-corrected chi connectivity index (χ2v) is 7.60. The van der Waals surface area contributed by atoms with Crippen LogP contribution in [0, 0.1) is 23.6 Å². The van der Waals surface area contributed by atoms with Crippen LogP contribution < -0.4 is 10.6 Å². The first-order valence-corrected chi connectivity index (χ1v) is 9.53. The molecular weight excluding hydrogens is 416 g/mol. The van der Waals surface area contributed by atoms with E-state index in [1.54, 1.807) is 12.4 Å². The maximum Gasteiger partial charge on any atom is 0.422 e. The molecule has 0 spiro atoms. The molecule has 160 valence electrons. The average molecular weight is 432 g/mol. The lowest BCUT2D eigenvalue weighted by Gasteiger charge is -2.40. The van der Waals surface area contributed by atoms with Gasteiger partial charge in [-0.2, -0.15) is 18.3 Å². The highest BCUT2D eigenvalue weighted by molar-refractivity contribution is 5.72. The Labute approximate surface area is 173 Å². The first-order valence-electron chi connectivity index (χ1n) is 9.53. The molecule has 5 rings (SSSR count). The van der Waals surface area contributed by atoms with Gasteiger partial charge in [-0.05, 0) is 25.0 Å². The third-order valence-electron chi connectivity index (χ3n) is 5.26. The molecule has 2 atom stereocenters. The predicted octanol–water partition coefficient (Wildman–Crippen LogP) is 2.48. The number of alkyl halides is 3. The van der Waals surface area contributed by atoms with E-state index in [1.165, 1.54) is 17.1 Å². The molecular formula is C20H16F4N6O. The van der Waals surface area contributed by atoms with Crippen LogP contribution in [0.15, 0.2) is 30.9 Å². The molecule has 0 saturated heterocycles. The summed E-state index contributed by atoms with van der Waals surface area (Å²) >= 11 is 0. The number of benzene rings is 1. The number of nitrogens with one attached hydrogen (secondary N) is 2. The predicted molar refractivity (Wildman–Crippen MR) is 102 cm³/mol. The van der Waals surface area contributed by atoms with Gasteiger partial charge in [-0.15, -0.1) is 0 Å². The highest BCUT2D eigenvalue weighted by Crippen LogP contribution is 2.45. The highest BCUT2D eigenvalue weighted by Gasteiger charge is 2.59. The molecule has 31 heavy (non-hydrogen) atoms. The van der Waals surface area contributed by atoms with Crippen molar-refractivity contribution in [2.45, 2.75) is 37.5 Å². The van der Waals surface area contributed by atoms with Gasteiger partial charge in [0.2, 0.25) is 5.54 Å². The van der Waals surface area contributed by atoms with Gasteiger partial charge in [-0.3, -0.25) is 4.68 Å². The average Bonchev–Trinajstić information content (AvgIpc) is 3.44. The number of nitrogens with zero attached hydrogens (tertiary/aromatic N) is 4. The minimum atomic E-state index is -4.89. The van der Waals surface area contributed by atoms with E-state index in [-0.39, 0.29) is 23.7 Å². The number of aromatic nitrogens is 4. The van der Waals surface area contributed by atoms with Crippen LogP contribution in [0.3, 0.4) is 0 Å². The number of hydrogen-bond donors (Lipinski definition) is 3. The Morgan fingerprint density at radius 2 is 2.10 bits per heavy atom. The number of fused-ring (bicyclic) bond motifs is 2. The summed E-state index contributed by atoms with van der Waals surface area (Å²) in [6.45, 7) is -0.0482. The van der Waals surface area contributed by atoms with E-state index < -0.39 is 29.4 Å². The SMILES string of the molecule is OC1Nc2cc(Cn3cc4cncnc4n3)c(F)cc2[C@@](C#CC2CC2)(C(F)(F)F)N1. The van der Waals surface area contributed by atoms with Gasteiger partial charge in [0.1, 0.15) is 12.1 Å². The fourth-order valence-electron chi connectivity index (χ4n) is 3.56. The van der Waals surface area contributed by atoms with Crippen molar-refractivity contribution >= 4 is 16.7 Å². The van der Waals surface area contributed by atoms with Crippen molar-refractivity contribution in [1.29, 1.82) is 0 Å². The van der Waals surface area contributed by atoms with Gasteiger partial charge < -0.3 is 10.4 Å². The molecule has 0 amide bonds. The first kappa shape index (κ1) is 19.7. The van der Waals surface area contributed by atoms with Crippen LogP contribution in [-0.2, 0) is 12.1 Å². The number of rotatable bonds is 2. The molecule has 3 N–H and O–H groups in total. The summed E-state index contributed by atoms with van der Waals surface area (Å²) in [6, 6.07) is 2.06. The Morgan fingerprint density at radius 1 is 1.29 bits per heavy atom. The maximum absolute atomic E-state index is 15.0. The number of hydrogen-bond acceptors (Lipinski definition) is 6. The molecule has 1 aliphatic heterocycles. The Hall–Kier alpha value is -3.23. The summed E-state index contributed by atoms with van der Waals surface area (Å²) in [6.07, 6.45) is -0.664. The van der Waals surface area contributed by atoms with E-state index in [2.05, 4.69) is 37.5 Å². The maximum atomic E-state index is 15.0. The van der Waals surface area contributed by atoms with Crippen molar-refractivity contribution in [2.75, 3.05) is 5.32 Å². The smallest absolute Gasteiger partial charge is 0.361 e. The van der Waals surface area contributed by atoms with Gasteiger partial charge in [0.05, 0.1) is 11.9 Å². The summed E-state index contributed by atoms with van der Waals surface area (Å²) in [4.78, 5) is 7.89. The largest absolute Gasteiger partial charge is 0.422 e.